The number of rotatable bonds is 7. The topological polar surface area (TPSA) is 79.2 Å². The van der Waals surface area contributed by atoms with Crippen LogP contribution in [-0.2, 0) is 0 Å². The molecule has 2 amide bonds. The van der Waals surface area contributed by atoms with Gasteiger partial charge in [0.05, 0.1) is 6.04 Å². The highest BCUT2D eigenvalue weighted by molar-refractivity contribution is 5.74. The van der Waals surface area contributed by atoms with Gasteiger partial charge in [0.1, 0.15) is 17.3 Å². The zero-order chi connectivity index (χ0) is 16.7. The summed E-state index contributed by atoms with van der Waals surface area (Å²) in [5.41, 5.74) is 1.13. The Kier molecular flexibility index (Phi) is 6.02. The van der Waals surface area contributed by atoms with Crippen LogP contribution in [0.4, 0.5) is 10.6 Å². The first-order chi connectivity index (χ1) is 11.0. The first-order valence-corrected chi connectivity index (χ1v) is 7.82. The van der Waals surface area contributed by atoms with E-state index in [1.54, 1.807) is 0 Å². The lowest BCUT2D eigenvalue weighted by molar-refractivity contribution is 0.236. The Bertz CT molecular complexity index is 622. The number of anilines is 1. The molecule has 1 unspecified atom stereocenters. The number of nitrogens with zero attached hydrogens (tertiary/aromatic N) is 1. The molecule has 0 aliphatic heterocycles. The third-order valence-corrected chi connectivity index (χ3v) is 3.39. The summed E-state index contributed by atoms with van der Waals surface area (Å²) in [6.07, 6.45) is 2.64. The van der Waals surface area contributed by atoms with E-state index in [1.165, 1.54) is 0 Å². The van der Waals surface area contributed by atoms with Crippen molar-refractivity contribution >= 4 is 11.8 Å². The first-order valence-electron chi connectivity index (χ1n) is 7.82. The van der Waals surface area contributed by atoms with Crippen LogP contribution in [0.25, 0.3) is 0 Å². The molecule has 2 heterocycles. The van der Waals surface area contributed by atoms with E-state index in [0.29, 0.717) is 6.54 Å². The molecule has 2 aromatic rings. The molecule has 0 saturated carbocycles. The van der Waals surface area contributed by atoms with Crippen molar-refractivity contribution in [1.29, 1.82) is 0 Å². The molecule has 0 radical (unpaired) electrons. The van der Waals surface area contributed by atoms with Gasteiger partial charge in [-0.05, 0) is 51.0 Å². The molecule has 23 heavy (non-hydrogen) atoms. The van der Waals surface area contributed by atoms with Crippen molar-refractivity contribution in [2.75, 3.05) is 18.4 Å². The predicted octanol–water partition coefficient (Wildman–Crippen LogP) is 3.15. The number of aromatic nitrogens is 1. The highest BCUT2D eigenvalue weighted by Crippen LogP contribution is 2.15. The number of hydrogen-bond donors (Lipinski definition) is 3. The quantitative estimate of drug-likeness (QED) is 0.686. The largest absolute Gasteiger partial charge is 0.464 e. The zero-order valence-corrected chi connectivity index (χ0v) is 13.8. The number of pyridine rings is 1. The average molecular weight is 316 g/mol. The van der Waals surface area contributed by atoms with Gasteiger partial charge in [0.25, 0.3) is 0 Å². The molecule has 0 fully saturated rings. The Morgan fingerprint density at radius 3 is 2.70 bits per heavy atom. The Balaban J connectivity index is 1.60. The molecule has 2 rings (SSSR count). The fraction of sp³-hybridized carbons (Fsp3) is 0.412. The maximum atomic E-state index is 11.8. The van der Waals surface area contributed by atoms with Crippen LogP contribution in [0.3, 0.4) is 0 Å². The van der Waals surface area contributed by atoms with Gasteiger partial charge in [-0.15, -0.1) is 0 Å². The molecule has 2 aromatic heterocycles. The summed E-state index contributed by atoms with van der Waals surface area (Å²) in [6.45, 7) is 7.12. The Morgan fingerprint density at radius 2 is 2.04 bits per heavy atom. The molecule has 0 saturated heterocycles. The van der Waals surface area contributed by atoms with E-state index in [1.807, 2.05) is 51.2 Å². The van der Waals surface area contributed by atoms with Crippen LogP contribution in [0, 0.1) is 13.8 Å². The maximum absolute atomic E-state index is 11.8. The summed E-state index contributed by atoms with van der Waals surface area (Å²) >= 11 is 0. The molecule has 0 aliphatic carbocycles. The predicted molar refractivity (Wildman–Crippen MR) is 90.5 cm³/mol. The van der Waals surface area contributed by atoms with E-state index in [-0.39, 0.29) is 12.1 Å². The summed E-state index contributed by atoms with van der Waals surface area (Å²) in [6, 6.07) is 7.37. The van der Waals surface area contributed by atoms with Gasteiger partial charge >= 0.3 is 6.03 Å². The third-order valence-electron chi connectivity index (χ3n) is 3.39. The Morgan fingerprint density at radius 1 is 1.22 bits per heavy atom. The van der Waals surface area contributed by atoms with Gasteiger partial charge in [-0.2, -0.15) is 0 Å². The molecule has 6 nitrogen and oxygen atoms in total. The average Bonchev–Trinajstić information content (AvgIpc) is 2.95. The summed E-state index contributed by atoms with van der Waals surface area (Å²) in [7, 11) is 0. The van der Waals surface area contributed by atoms with Crippen molar-refractivity contribution in [3.05, 3.63) is 47.5 Å². The van der Waals surface area contributed by atoms with Gasteiger partial charge in [0.15, 0.2) is 0 Å². The Hall–Kier alpha value is -2.50. The normalized spacial score (nSPS) is 11.8. The summed E-state index contributed by atoms with van der Waals surface area (Å²) in [4.78, 5) is 16.1. The molecule has 0 aromatic carbocycles. The van der Waals surface area contributed by atoms with Crippen molar-refractivity contribution in [1.82, 2.24) is 15.6 Å². The first kappa shape index (κ1) is 16.9. The van der Waals surface area contributed by atoms with Gasteiger partial charge in [-0.25, -0.2) is 9.78 Å². The number of amides is 2. The number of aryl methyl sites for hydroxylation is 2. The lowest BCUT2D eigenvalue weighted by atomic mass is 10.2. The number of carbonyl (C=O) groups excluding carboxylic acids is 1. The second kappa shape index (κ2) is 8.22. The van der Waals surface area contributed by atoms with Crippen molar-refractivity contribution in [2.24, 2.45) is 0 Å². The molecule has 0 spiro atoms. The minimum atomic E-state index is -0.194. The smallest absolute Gasteiger partial charge is 0.315 e. The van der Waals surface area contributed by atoms with Gasteiger partial charge in [-0.1, -0.05) is 6.07 Å². The zero-order valence-electron chi connectivity index (χ0n) is 13.8. The van der Waals surface area contributed by atoms with E-state index in [2.05, 4.69) is 20.9 Å². The number of hydrogen-bond acceptors (Lipinski definition) is 4. The van der Waals surface area contributed by atoms with Crippen molar-refractivity contribution in [3.8, 4) is 0 Å². The molecule has 0 bridgehead atoms. The van der Waals surface area contributed by atoms with Crippen LogP contribution in [0.1, 0.15) is 36.5 Å². The molecule has 6 heteroatoms. The van der Waals surface area contributed by atoms with Gasteiger partial charge in [0.2, 0.25) is 0 Å². The van der Waals surface area contributed by atoms with E-state index in [9.17, 15) is 4.79 Å². The minimum Gasteiger partial charge on any atom is -0.464 e. The lowest BCUT2D eigenvalue weighted by Gasteiger charge is -2.12. The van der Waals surface area contributed by atoms with Crippen molar-refractivity contribution < 1.29 is 9.21 Å². The number of furan rings is 1. The molecule has 124 valence electrons. The molecular formula is C17H24N4O2. The maximum Gasteiger partial charge on any atom is 0.315 e. The number of nitrogens with one attached hydrogen (secondary N) is 3. The molecule has 3 N–H and O–H groups in total. The van der Waals surface area contributed by atoms with Crippen LogP contribution in [0.2, 0.25) is 0 Å². The van der Waals surface area contributed by atoms with E-state index in [4.69, 9.17) is 4.42 Å². The summed E-state index contributed by atoms with van der Waals surface area (Å²) in [5.74, 6) is 2.44. The minimum absolute atomic E-state index is 0.154. The third kappa shape index (κ3) is 5.65. The van der Waals surface area contributed by atoms with Crippen LogP contribution in [0.5, 0.6) is 0 Å². The SMILES string of the molecule is Cc1ccc(NCCCNC(=O)NC(C)c2ccc(C)o2)nc1. The fourth-order valence-electron chi connectivity index (χ4n) is 2.08. The standard InChI is InChI=1S/C17H24N4O2/c1-12-5-8-16(20-11-12)18-9-4-10-19-17(22)21-14(3)15-7-6-13(2)23-15/h5-8,11,14H,4,9-10H2,1-3H3,(H,18,20)(H2,19,21,22). The highest BCUT2D eigenvalue weighted by atomic mass is 16.3. The van der Waals surface area contributed by atoms with Crippen molar-refractivity contribution in [2.45, 2.75) is 33.2 Å². The monoisotopic (exact) mass is 316 g/mol. The number of urea groups is 1. The summed E-state index contributed by atoms with van der Waals surface area (Å²) in [5, 5.41) is 8.90. The Labute approximate surface area is 136 Å². The van der Waals surface area contributed by atoms with Crippen molar-refractivity contribution in [3.63, 3.8) is 0 Å². The summed E-state index contributed by atoms with van der Waals surface area (Å²) < 4.78 is 5.49. The van der Waals surface area contributed by atoms with Crippen LogP contribution >= 0.6 is 0 Å². The van der Waals surface area contributed by atoms with E-state index < -0.39 is 0 Å². The fourth-order valence-corrected chi connectivity index (χ4v) is 2.08. The van der Waals surface area contributed by atoms with Crippen LogP contribution in [-0.4, -0.2) is 24.1 Å². The second-order valence-corrected chi connectivity index (χ2v) is 5.57. The lowest BCUT2D eigenvalue weighted by Crippen LogP contribution is -2.37. The second-order valence-electron chi connectivity index (χ2n) is 5.57. The van der Waals surface area contributed by atoms with Gasteiger partial charge < -0.3 is 20.4 Å². The van der Waals surface area contributed by atoms with Gasteiger partial charge in [0, 0.05) is 19.3 Å². The highest BCUT2D eigenvalue weighted by Gasteiger charge is 2.11. The van der Waals surface area contributed by atoms with E-state index >= 15 is 0 Å². The van der Waals surface area contributed by atoms with Crippen LogP contribution < -0.4 is 16.0 Å². The molecular weight excluding hydrogens is 292 g/mol. The van der Waals surface area contributed by atoms with Crippen LogP contribution in [0.15, 0.2) is 34.9 Å². The molecule has 1 atom stereocenters. The number of carbonyl (C=O) groups is 1. The van der Waals surface area contributed by atoms with Gasteiger partial charge in [-0.3, -0.25) is 0 Å². The molecule has 0 aliphatic rings. The van der Waals surface area contributed by atoms with E-state index in [0.717, 1.165) is 35.9 Å².